The number of fused-ring (bicyclic) bond motifs is 1. The van der Waals surface area contributed by atoms with Gasteiger partial charge in [-0.2, -0.15) is 4.98 Å². The highest BCUT2D eigenvalue weighted by Gasteiger charge is 2.23. The molecule has 0 bridgehead atoms. The van der Waals surface area contributed by atoms with E-state index in [1.54, 1.807) is 0 Å². The summed E-state index contributed by atoms with van der Waals surface area (Å²) in [5.41, 5.74) is 2.54. The summed E-state index contributed by atoms with van der Waals surface area (Å²) in [6.07, 6.45) is 1.83. The van der Waals surface area contributed by atoms with Crippen LogP contribution in [0, 0.1) is 0 Å². The van der Waals surface area contributed by atoms with E-state index in [4.69, 9.17) is 4.42 Å². The molecule has 0 aliphatic carbocycles. The van der Waals surface area contributed by atoms with E-state index in [1.165, 1.54) is 5.19 Å². The van der Waals surface area contributed by atoms with E-state index in [1.807, 2.05) is 36.5 Å². The molecular weight excluding hydrogens is 252 g/mol. The summed E-state index contributed by atoms with van der Waals surface area (Å²) in [6, 6.07) is 12.0. The first-order valence-electron chi connectivity index (χ1n) is 6.37. The van der Waals surface area contributed by atoms with E-state index < -0.39 is 8.07 Å². The highest BCUT2D eigenvalue weighted by atomic mass is 28.3. The van der Waals surface area contributed by atoms with Crippen molar-refractivity contribution < 1.29 is 4.42 Å². The van der Waals surface area contributed by atoms with Crippen LogP contribution in [0.5, 0.6) is 0 Å². The minimum absolute atomic E-state index is 0.647. The average molecular weight is 268 g/mol. The molecule has 1 aromatic carbocycles. The minimum Gasteiger partial charge on any atom is -0.434 e. The average Bonchev–Trinajstić information content (AvgIpc) is 2.82. The summed E-state index contributed by atoms with van der Waals surface area (Å²) >= 11 is 0. The summed E-state index contributed by atoms with van der Waals surface area (Å²) in [6.45, 7) is 6.89. The first kappa shape index (κ1) is 12.1. The van der Waals surface area contributed by atoms with E-state index in [2.05, 4.69) is 35.7 Å². The van der Waals surface area contributed by atoms with Crippen LogP contribution >= 0.6 is 0 Å². The molecule has 0 fully saturated rings. The van der Waals surface area contributed by atoms with Gasteiger partial charge >= 0.3 is 0 Å². The molecule has 0 saturated heterocycles. The van der Waals surface area contributed by atoms with Crippen LogP contribution < -0.4 is 5.19 Å². The van der Waals surface area contributed by atoms with Gasteiger partial charge in [0.25, 0.3) is 0 Å². The lowest BCUT2D eigenvalue weighted by atomic mass is 10.2. The molecule has 3 nitrogen and oxygen atoms in total. The standard InChI is InChI=1S/C15H16N2OSi/c1-19(2,3)12-9-10-16-14-13(12)18-15(17-14)11-7-5-4-6-8-11/h4-10H,1-3H3. The van der Waals surface area contributed by atoms with Crippen LogP contribution in [0.1, 0.15) is 0 Å². The Labute approximate surface area is 113 Å². The Bertz CT molecular complexity index is 714. The molecule has 3 aromatic rings. The van der Waals surface area contributed by atoms with E-state index in [-0.39, 0.29) is 0 Å². The molecule has 0 unspecified atom stereocenters. The fourth-order valence-electron chi connectivity index (χ4n) is 2.13. The van der Waals surface area contributed by atoms with Crippen molar-refractivity contribution in [2.75, 3.05) is 0 Å². The van der Waals surface area contributed by atoms with Gasteiger partial charge in [0, 0.05) is 11.8 Å². The fourth-order valence-corrected chi connectivity index (χ4v) is 3.55. The van der Waals surface area contributed by atoms with Crippen LogP contribution in [-0.2, 0) is 0 Å². The topological polar surface area (TPSA) is 38.9 Å². The lowest BCUT2D eigenvalue weighted by Crippen LogP contribution is -2.37. The van der Waals surface area contributed by atoms with Crippen molar-refractivity contribution in [3.63, 3.8) is 0 Å². The second-order valence-electron chi connectivity index (χ2n) is 5.65. The Balaban J connectivity index is 2.22. The van der Waals surface area contributed by atoms with E-state index in [0.29, 0.717) is 11.5 Å². The van der Waals surface area contributed by atoms with Crippen molar-refractivity contribution in [3.8, 4) is 11.5 Å². The Morgan fingerprint density at radius 2 is 1.74 bits per heavy atom. The number of pyridine rings is 1. The fraction of sp³-hybridized carbons (Fsp3) is 0.200. The van der Waals surface area contributed by atoms with Crippen LogP contribution in [-0.4, -0.2) is 18.0 Å². The third-order valence-corrected chi connectivity index (χ3v) is 5.13. The predicted octanol–water partition coefficient (Wildman–Crippen LogP) is 3.44. The predicted molar refractivity (Wildman–Crippen MR) is 80.2 cm³/mol. The molecule has 96 valence electrons. The van der Waals surface area contributed by atoms with E-state index in [0.717, 1.165) is 11.1 Å². The molecule has 2 heterocycles. The molecule has 0 atom stereocenters. The molecule has 0 N–H and O–H groups in total. The number of hydrogen-bond donors (Lipinski definition) is 0. The van der Waals surface area contributed by atoms with Gasteiger partial charge in [-0.25, -0.2) is 4.98 Å². The largest absolute Gasteiger partial charge is 0.434 e. The van der Waals surface area contributed by atoms with E-state index >= 15 is 0 Å². The van der Waals surface area contributed by atoms with Crippen molar-refractivity contribution in [3.05, 3.63) is 42.6 Å². The van der Waals surface area contributed by atoms with Crippen molar-refractivity contribution in [2.45, 2.75) is 19.6 Å². The molecule has 2 aromatic heterocycles. The first-order valence-corrected chi connectivity index (χ1v) is 9.87. The lowest BCUT2D eigenvalue weighted by molar-refractivity contribution is 0.621. The smallest absolute Gasteiger partial charge is 0.228 e. The van der Waals surface area contributed by atoms with Crippen LogP contribution in [0.25, 0.3) is 22.7 Å². The van der Waals surface area contributed by atoms with Gasteiger partial charge in [-0.15, -0.1) is 0 Å². The summed E-state index contributed by atoms with van der Waals surface area (Å²) in [5, 5.41) is 1.27. The van der Waals surface area contributed by atoms with E-state index in [9.17, 15) is 0 Å². The third-order valence-electron chi connectivity index (χ3n) is 3.12. The maximum Gasteiger partial charge on any atom is 0.228 e. The summed E-state index contributed by atoms with van der Waals surface area (Å²) < 4.78 is 5.97. The number of oxazole rings is 1. The van der Waals surface area contributed by atoms with Gasteiger partial charge in [0.15, 0.2) is 11.2 Å². The SMILES string of the molecule is C[Si](C)(C)c1ccnc2nc(-c3ccccc3)oc12. The van der Waals surface area contributed by atoms with Crippen molar-refractivity contribution in [1.29, 1.82) is 0 Å². The van der Waals surface area contributed by atoms with Gasteiger partial charge in [-0.3, -0.25) is 0 Å². The molecule has 3 rings (SSSR count). The zero-order valence-electron chi connectivity index (χ0n) is 11.3. The minimum atomic E-state index is -1.46. The number of benzene rings is 1. The number of rotatable bonds is 2. The van der Waals surface area contributed by atoms with Crippen molar-refractivity contribution in [1.82, 2.24) is 9.97 Å². The van der Waals surface area contributed by atoms with Gasteiger partial charge in [0.05, 0.1) is 8.07 Å². The van der Waals surface area contributed by atoms with Crippen LogP contribution in [0.4, 0.5) is 0 Å². The second kappa shape index (κ2) is 4.31. The van der Waals surface area contributed by atoms with Crippen LogP contribution in [0.2, 0.25) is 19.6 Å². The molecule has 0 amide bonds. The molecular formula is C15H16N2OSi. The molecule has 0 radical (unpaired) electrons. The molecule has 19 heavy (non-hydrogen) atoms. The van der Waals surface area contributed by atoms with Gasteiger partial charge in [-0.05, 0) is 23.4 Å². The van der Waals surface area contributed by atoms with Crippen LogP contribution in [0.3, 0.4) is 0 Å². The first-order chi connectivity index (χ1) is 9.05. The Kier molecular flexibility index (Phi) is 2.75. The van der Waals surface area contributed by atoms with Crippen LogP contribution in [0.15, 0.2) is 47.0 Å². The summed E-state index contributed by atoms with van der Waals surface area (Å²) in [4.78, 5) is 8.82. The third kappa shape index (κ3) is 2.19. The normalized spacial score (nSPS) is 11.9. The zero-order valence-corrected chi connectivity index (χ0v) is 12.3. The summed E-state index contributed by atoms with van der Waals surface area (Å²) in [5.74, 6) is 0.647. The maximum atomic E-state index is 5.97. The lowest BCUT2D eigenvalue weighted by Gasteiger charge is -2.15. The number of hydrogen-bond acceptors (Lipinski definition) is 3. The summed E-state index contributed by atoms with van der Waals surface area (Å²) in [7, 11) is -1.46. The number of nitrogens with zero attached hydrogens (tertiary/aromatic N) is 2. The Morgan fingerprint density at radius 1 is 1.00 bits per heavy atom. The van der Waals surface area contributed by atoms with Gasteiger partial charge in [-0.1, -0.05) is 37.8 Å². The number of aromatic nitrogens is 2. The highest BCUT2D eigenvalue weighted by Crippen LogP contribution is 2.23. The molecule has 0 saturated carbocycles. The Morgan fingerprint density at radius 3 is 2.42 bits per heavy atom. The van der Waals surface area contributed by atoms with Crippen molar-refractivity contribution in [2.24, 2.45) is 0 Å². The Hall–Kier alpha value is -1.94. The molecule has 0 aliphatic rings. The van der Waals surface area contributed by atoms with Gasteiger partial charge < -0.3 is 4.42 Å². The maximum absolute atomic E-state index is 5.97. The highest BCUT2D eigenvalue weighted by molar-refractivity contribution is 6.90. The molecule has 0 spiro atoms. The second-order valence-corrected chi connectivity index (χ2v) is 10.7. The zero-order chi connectivity index (χ0) is 13.5. The monoisotopic (exact) mass is 268 g/mol. The molecule has 0 aliphatic heterocycles. The van der Waals surface area contributed by atoms with Crippen molar-refractivity contribution >= 4 is 24.5 Å². The van der Waals surface area contributed by atoms with Gasteiger partial charge in [0.1, 0.15) is 0 Å². The quantitative estimate of drug-likeness (QED) is 0.668. The molecule has 4 heteroatoms. The van der Waals surface area contributed by atoms with Gasteiger partial charge in [0.2, 0.25) is 5.89 Å².